The van der Waals surface area contributed by atoms with E-state index in [9.17, 15) is 4.79 Å². The van der Waals surface area contributed by atoms with Crippen LogP contribution in [0.2, 0.25) is 0 Å². The summed E-state index contributed by atoms with van der Waals surface area (Å²) in [5, 5.41) is 0. The fourth-order valence-corrected chi connectivity index (χ4v) is 4.03. The van der Waals surface area contributed by atoms with Crippen LogP contribution in [0.25, 0.3) is 0 Å². The Hall–Kier alpha value is -0.610. The average Bonchev–Trinajstić information content (AvgIpc) is 2.77. The van der Waals surface area contributed by atoms with Crippen LogP contribution in [-0.4, -0.2) is 53.5 Å². The number of piperidine rings is 1. The van der Waals surface area contributed by atoms with Crippen molar-refractivity contribution in [2.45, 2.75) is 65.1 Å². The molecule has 0 aromatic carbocycles. The van der Waals surface area contributed by atoms with E-state index in [-0.39, 0.29) is 6.04 Å². The first-order chi connectivity index (χ1) is 9.45. The zero-order chi connectivity index (χ0) is 14.9. The number of nitrogens with zero attached hydrogens (tertiary/aromatic N) is 2. The maximum Gasteiger partial charge on any atom is 0.239 e. The van der Waals surface area contributed by atoms with Crippen LogP contribution in [0.15, 0.2) is 0 Å². The zero-order valence-corrected chi connectivity index (χ0v) is 13.5. The molecule has 5 unspecified atom stereocenters. The molecule has 5 atom stereocenters. The summed E-state index contributed by atoms with van der Waals surface area (Å²) in [6.07, 6.45) is 3.51. The van der Waals surface area contributed by atoms with Crippen LogP contribution >= 0.6 is 0 Å². The van der Waals surface area contributed by atoms with Gasteiger partial charge in [0.1, 0.15) is 0 Å². The van der Waals surface area contributed by atoms with Gasteiger partial charge < -0.3 is 10.6 Å². The largest absolute Gasteiger partial charge is 0.341 e. The van der Waals surface area contributed by atoms with Gasteiger partial charge in [0.25, 0.3) is 0 Å². The molecule has 0 radical (unpaired) electrons. The summed E-state index contributed by atoms with van der Waals surface area (Å²) >= 11 is 0. The average molecular weight is 281 g/mol. The molecule has 0 aliphatic carbocycles. The van der Waals surface area contributed by atoms with Crippen molar-refractivity contribution >= 4 is 5.91 Å². The first-order valence-corrected chi connectivity index (χ1v) is 8.22. The number of hydrogen-bond acceptors (Lipinski definition) is 3. The Morgan fingerprint density at radius 3 is 2.35 bits per heavy atom. The maximum absolute atomic E-state index is 12.8. The van der Waals surface area contributed by atoms with E-state index in [1.807, 2.05) is 0 Å². The van der Waals surface area contributed by atoms with Crippen molar-refractivity contribution in [3.05, 3.63) is 0 Å². The lowest BCUT2D eigenvalue weighted by molar-refractivity contribution is -0.140. The lowest BCUT2D eigenvalue weighted by Crippen LogP contribution is -2.54. The second kappa shape index (κ2) is 6.44. The third-order valence-electron chi connectivity index (χ3n) is 5.55. The smallest absolute Gasteiger partial charge is 0.239 e. The summed E-state index contributed by atoms with van der Waals surface area (Å²) in [5.41, 5.74) is 5.85. The van der Waals surface area contributed by atoms with Gasteiger partial charge in [-0.3, -0.25) is 9.69 Å². The number of nitrogens with two attached hydrogens (primary N) is 1. The van der Waals surface area contributed by atoms with Gasteiger partial charge in [-0.25, -0.2) is 0 Å². The van der Waals surface area contributed by atoms with E-state index >= 15 is 0 Å². The second-order valence-electron chi connectivity index (χ2n) is 6.94. The normalized spacial score (nSPS) is 37.1. The van der Waals surface area contributed by atoms with Gasteiger partial charge in [0.05, 0.1) is 6.04 Å². The van der Waals surface area contributed by atoms with Gasteiger partial charge in [-0.1, -0.05) is 6.92 Å². The molecular weight excluding hydrogens is 250 g/mol. The van der Waals surface area contributed by atoms with E-state index in [4.69, 9.17) is 5.73 Å². The molecule has 0 spiro atoms. The van der Waals surface area contributed by atoms with Gasteiger partial charge in [-0.15, -0.1) is 0 Å². The molecule has 116 valence electrons. The fourth-order valence-electron chi connectivity index (χ4n) is 4.03. The minimum Gasteiger partial charge on any atom is -0.341 e. The SMILES string of the molecule is CC1CCN(C(=O)C(C)N2C(C)CCC2C)CC1CN. The van der Waals surface area contributed by atoms with Gasteiger partial charge in [0.2, 0.25) is 5.91 Å². The van der Waals surface area contributed by atoms with E-state index in [0.717, 1.165) is 19.5 Å². The molecule has 2 fully saturated rings. The van der Waals surface area contributed by atoms with Crippen molar-refractivity contribution in [3.63, 3.8) is 0 Å². The van der Waals surface area contributed by atoms with Crippen LogP contribution < -0.4 is 5.73 Å². The lowest BCUT2D eigenvalue weighted by atomic mass is 9.87. The van der Waals surface area contributed by atoms with Crippen molar-refractivity contribution in [1.29, 1.82) is 0 Å². The third-order valence-corrected chi connectivity index (χ3v) is 5.55. The fraction of sp³-hybridized carbons (Fsp3) is 0.938. The number of rotatable bonds is 3. The number of amides is 1. The maximum atomic E-state index is 12.8. The Bertz CT molecular complexity index is 337. The summed E-state index contributed by atoms with van der Waals surface area (Å²) < 4.78 is 0. The predicted molar refractivity (Wildman–Crippen MR) is 82.4 cm³/mol. The molecule has 1 amide bonds. The Labute approximate surface area is 123 Å². The number of carbonyl (C=O) groups excluding carboxylic acids is 1. The van der Waals surface area contributed by atoms with Crippen LogP contribution in [0.3, 0.4) is 0 Å². The van der Waals surface area contributed by atoms with Gasteiger partial charge >= 0.3 is 0 Å². The molecule has 0 aromatic heterocycles. The zero-order valence-electron chi connectivity index (χ0n) is 13.5. The molecule has 4 heteroatoms. The summed E-state index contributed by atoms with van der Waals surface area (Å²) in [6.45, 7) is 11.3. The highest BCUT2D eigenvalue weighted by Gasteiger charge is 2.37. The quantitative estimate of drug-likeness (QED) is 0.856. The minimum atomic E-state index is 0.00864. The van der Waals surface area contributed by atoms with Crippen LogP contribution in [-0.2, 0) is 4.79 Å². The molecule has 2 aliphatic heterocycles. The van der Waals surface area contributed by atoms with Gasteiger partial charge in [0, 0.05) is 25.2 Å². The molecule has 2 saturated heterocycles. The van der Waals surface area contributed by atoms with E-state index in [1.54, 1.807) is 0 Å². The molecule has 0 aromatic rings. The summed E-state index contributed by atoms with van der Waals surface area (Å²) in [7, 11) is 0. The van der Waals surface area contributed by atoms with Crippen molar-refractivity contribution in [1.82, 2.24) is 9.80 Å². The van der Waals surface area contributed by atoms with Crippen LogP contribution in [0.1, 0.15) is 47.0 Å². The van der Waals surface area contributed by atoms with Crippen molar-refractivity contribution < 1.29 is 4.79 Å². The van der Waals surface area contributed by atoms with Crippen LogP contribution in [0.4, 0.5) is 0 Å². The molecule has 2 heterocycles. The molecule has 4 nitrogen and oxygen atoms in total. The van der Waals surface area contributed by atoms with Crippen LogP contribution in [0, 0.1) is 11.8 Å². The molecule has 2 N–H and O–H groups in total. The molecule has 2 rings (SSSR count). The Morgan fingerprint density at radius 2 is 1.80 bits per heavy atom. The van der Waals surface area contributed by atoms with Crippen molar-refractivity contribution in [3.8, 4) is 0 Å². The van der Waals surface area contributed by atoms with Crippen LogP contribution in [0.5, 0.6) is 0 Å². The van der Waals surface area contributed by atoms with Crippen molar-refractivity contribution in [2.24, 2.45) is 17.6 Å². The van der Waals surface area contributed by atoms with E-state index in [0.29, 0.717) is 36.4 Å². The monoisotopic (exact) mass is 281 g/mol. The molecular formula is C16H31N3O. The molecule has 20 heavy (non-hydrogen) atoms. The van der Waals surface area contributed by atoms with Crippen molar-refractivity contribution in [2.75, 3.05) is 19.6 Å². The first kappa shape index (κ1) is 15.8. The highest BCUT2D eigenvalue weighted by atomic mass is 16.2. The summed E-state index contributed by atoms with van der Waals surface area (Å²) in [6, 6.07) is 1.06. The first-order valence-electron chi connectivity index (χ1n) is 8.22. The number of hydrogen-bond donors (Lipinski definition) is 1. The van der Waals surface area contributed by atoms with E-state index < -0.39 is 0 Å². The Balaban J connectivity index is 2.00. The Kier molecular flexibility index (Phi) is 5.08. The molecule has 0 saturated carbocycles. The third kappa shape index (κ3) is 3.01. The van der Waals surface area contributed by atoms with E-state index in [2.05, 4.69) is 37.5 Å². The Morgan fingerprint density at radius 1 is 1.20 bits per heavy atom. The summed E-state index contributed by atoms with van der Waals surface area (Å²) in [4.78, 5) is 17.2. The van der Waals surface area contributed by atoms with Gasteiger partial charge in [-0.05, 0) is 58.4 Å². The lowest BCUT2D eigenvalue weighted by Gasteiger charge is -2.40. The summed E-state index contributed by atoms with van der Waals surface area (Å²) in [5.74, 6) is 1.41. The highest BCUT2D eigenvalue weighted by Crippen LogP contribution is 2.28. The minimum absolute atomic E-state index is 0.00864. The standard InChI is InChI=1S/C16H31N3O/c1-11-7-8-18(10-15(11)9-17)16(20)14(4)19-12(2)5-6-13(19)3/h11-15H,5-10,17H2,1-4H3. The highest BCUT2D eigenvalue weighted by molar-refractivity contribution is 5.81. The van der Waals surface area contributed by atoms with Gasteiger partial charge in [0.15, 0.2) is 0 Å². The van der Waals surface area contributed by atoms with Gasteiger partial charge in [-0.2, -0.15) is 0 Å². The van der Waals surface area contributed by atoms with E-state index in [1.165, 1.54) is 12.8 Å². The second-order valence-corrected chi connectivity index (χ2v) is 6.94. The topological polar surface area (TPSA) is 49.6 Å². The predicted octanol–water partition coefficient (Wildman–Crippen LogP) is 1.69. The molecule has 0 bridgehead atoms. The molecule has 2 aliphatic rings. The number of carbonyl (C=O) groups is 1. The number of likely N-dealkylation sites (tertiary alicyclic amines) is 2.